The van der Waals surface area contributed by atoms with Crippen molar-refractivity contribution in [3.63, 3.8) is 0 Å². The van der Waals surface area contributed by atoms with Crippen molar-refractivity contribution in [2.24, 2.45) is 0 Å². The van der Waals surface area contributed by atoms with E-state index in [4.69, 9.17) is 27.9 Å². The maximum absolute atomic E-state index is 12.2. The fraction of sp³-hybridized carbons (Fsp3) is 0.235. The van der Waals surface area contributed by atoms with Gasteiger partial charge in [0.05, 0.1) is 15.7 Å². The Morgan fingerprint density at radius 2 is 1.91 bits per heavy atom. The largest absolute Gasteiger partial charge is 0.481 e. The Morgan fingerprint density at radius 1 is 1.18 bits per heavy atom. The minimum absolute atomic E-state index is 0.287. The van der Waals surface area contributed by atoms with Gasteiger partial charge in [0.2, 0.25) is 0 Å². The molecule has 1 N–H and O–H groups in total. The van der Waals surface area contributed by atoms with Crippen LogP contribution in [0.3, 0.4) is 0 Å². The minimum atomic E-state index is -0.657. The number of benzene rings is 2. The van der Waals surface area contributed by atoms with E-state index in [1.807, 2.05) is 32.0 Å². The van der Waals surface area contributed by atoms with Gasteiger partial charge in [-0.1, -0.05) is 41.4 Å². The lowest BCUT2D eigenvalue weighted by atomic mass is 10.1. The van der Waals surface area contributed by atoms with E-state index in [1.54, 1.807) is 25.1 Å². The van der Waals surface area contributed by atoms with E-state index < -0.39 is 6.10 Å². The zero-order valence-electron chi connectivity index (χ0n) is 12.6. The first-order valence-corrected chi connectivity index (χ1v) is 7.63. The highest BCUT2D eigenvalue weighted by molar-refractivity contribution is 6.44. The van der Waals surface area contributed by atoms with Crippen LogP contribution in [0.5, 0.6) is 5.75 Å². The van der Waals surface area contributed by atoms with Crippen LogP contribution >= 0.6 is 23.2 Å². The molecule has 0 saturated carbocycles. The average molecular weight is 338 g/mol. The van der Waals surface area contributed by atoms with Crippen LogP contribution in [0.15, 0.2) is 36.4 Å². The molecule has 2 rings (SSSR count). The number of halogens is 2. The molecule has 0 unspecified atom stereocenters. The summed E-state index contributed by atoms with van der Waals surface area (Å²) in [6.07, 6.45) is -0.657. The second-order valence-corrected chi connectivity index (χ2v) is 5.90. The van der Waals surface area contributed by atoms with E-state index in [9.17, 15) is 4.79 Å². The van der Waals surface area contributed by atoms with Crippen LogP contribution in [0, 0.1) is 13.8 Å². The second-order valence-electron chi connectivity index (χ2n) is 5.12. The summed E-state index contributed by atoms with van der Waals surface area (Å²) >= 11 is 12.0. The molecule has 0 aromatic heterocycles. The first-order chi connectivity index (χ1) is 10.4. The Morgan fingerprint density at radius 3 is 2.64 bits per heavy atom. The van der Waals surface area contributed by atoms with Gasteiger partial charge in [0.15, 0.2) is 6.10 Å². The van der Waals surface area contributed by atoms with Crippen LogP contribution in [0.2, 0.25) is 10.0 Å². The smallest absolute Gasteiger partial charge is 0.265 e. The summed E-state index contributed by atoms with van der Waals surface area (Å²) in [5.41, 5.74) is 2.52. The normalized spacial score (nSPS) is 11.9. The molecule has 2 aromatic carbocycles. The van der Waals surface area contributed by atoms with Gasteiger partial charge in [0, 0.05) is 0 Å². The molecular formula is C17H17Cl2NO2. The van der Waals surface area contributed by atoms with Crippen molar-refractivity contribution >= 4 is 34.8 Å². The van der Waals surface area contributed by atoms with Gasteiger partial charge in [-0.05, 0) is 50.1 Å². The Balaban J connectivity index is 2.09. The number of ether oxygens (including phenoxy) is 1. The lowest BCUT2D eigenvalue weighted by molar-refractivity contribution is -0.122. The summed E-state index contributed by atoms with van der Waals surface area (Å²) in [6, 6.07) is 10.9. The Kier molecular flexibility index (Phi) is 5.33. The Hall–Kier alpha value is -1.71. The maximum Gasteiger partial charge on any atom is 0.265 e. The van der Waals surface area contributed by atoms with Gasteiger partial charge in [-0.3, -0.25) is 4.79 Å². The van der Waals surface area contributed by atoms with E-state index in [1.165, 1.54) is 0 Å². The predicted octanol–water partition coefficient (Wildman–Crippen LogP) is 5.02. The number of amides is 1. The van der Waals surface area contributed by atoms with Gasteiger partial charge >= 0.3 is 0 Å². The third-order valence-corrected chi connectivity index (χ3v) is 4.04. The highest BCUT2D eigenvalue weighted by Crippen LogP contribution is 2.29. The van der Waals surface area contributed by atoms with Crippen molar-refractivity contribution in [2.45, 2.75) is 26.9 Å². The summed E-state index contributed by atoms with van der Waals surface area (Å²) in [7, 11) is 0. The Labute approximate surface area is 140 Å². The molecule has 0 heterocycles. The number of hydrogen-bond acceptors (Lipinski definition) is 2. The average Bonchev–Trinajstić information content (AvgIpc) is 2.47. The summed E-state index contributed by atoms with van der Waals surface area (Å²) < 4.78 is 5.74. The molecule has 0 fully saturated rings. The van der Waals surface area contributed by atoms with Gasteiger partial charge in [0.1, 0.15) is 5.75 Å². The van der Waals surface area contributed by atoms with Crippen molar-refractivity contribution < 1.29 is 9.53 Å². The highest BCUT2D eigenvalue weighted by atomic mass is 35.5. The zero-order valence-corrected chi connectivity index (χ0v) is 14.1. The van der Waals surface area contributed by atoms with E-state index in [-0.39, 0.29) is 5.91 Å². The number of carbonyl (C=O) groups is 1. The summed E-state index contributed by atoms with van der Waals surface area (Å²) in [6.45, 7) is 5.60. The summed E-state index contributed by atoms with van der Waals surface area (Å²) in [4.78, 5) is 12.2. The van der Waals surface area contributed by atoms with Gasteiger partial charge in [-0.25, -0.2) is 0 Å². The summed E-state index contributed by atoms with van der Waals surface area (Å²) in [5, 5.41) is 3.43. The third-order valence-electron chi connectivity index (χ3n) is 3.23. The zero-order chi connectivity index (χ0) is 16.3. The molecular weight excluding hydrogens is 321 g/mol. The number of nitrogens with one attached hydrogen (secondary N) is 1. The first kappa shape index (κ1) is 16.7. The van der Waals surface area contributed by atoms with Crippen LogP contribution in [0.25, 0.3) is 0 Å². The quantitative estimate of drug-likeness (QED) is 0.850. The maximum atomic E-state index is 12.2. The second kappa shape index (κ2) is 7.03. The molecule has 0 aliphatic rings. The molecule has 3 nitrogen and oxygen atoms in total. The van der Waals surface area contributed by atoms with Crippen molar-refractivity contribution in [2.75, 3.05) is 5.32 Å². The van der Waals surface area contributed by atoms with Crippen molar-refractivity contribution in [3.05, 3.63) is 57.6 Å². The lowest BCUT2D eigenvalue weighted by Gasteiger charge is -2.17. The molecule has 22 heavy (non-hydrogen) atoms. The molecule has 1 atom stereocenters. The lowest BCUT2D eigenvalue weighted by Crippen LogP contribution is -2.30. The fourth-order valence-electron chi connectivity index (χ4n) is 1.91. The molecule has 1 amide bonds. The molecule has 0 aliphatic carbocycles. The summed E-state index contributed by atoms with van der Waals surface area (Å²) in [5.74, 6) is 0.407. The molecule has 0 radical (unpaired) electrons. The number of hydrogen-bond donors (Lipinski definition) is 1. The number of carbonyl (C=O) groups excluding carboxylic acids is 1. The van der Waals surface area contributed by atoms with Gasteiger partial charge in [-0.15, -0.1) is 0 Å². The van der Waals surface area contributed by atoms with Crippen molar-refractivity contribution in [1.82, 2.24) is 0 Å². The number of rotatable bonds is 4. The molecule has 2 aromatic rings. The van der Waals surface area contributed by atoms with Crippen molar-refractivity contribution in [1.29, 1.82) is 0 Å². The number of anilines is 1. The van der Waals surface area contributed by atoms with E-state index in [2.05, 4.69) is 5.32 Å². The van der Waals surface area contributed by atoms with E-state index >= 15 is 0 Å². The highest BCUT2D eigenvalue weighted by Gasteiger charge is 2.17. The SMILES string of the molecule is Cc1ccc(C)c(O[C@H](C)C(=O)Nc2cccc(Cl)c2Cl)c1. The predicted molar refractivity (Wildman–Crippen MR) is 91.1 cm³/mol. The monoisotopic (exact) mass is 337 g/mol. The van der Waals surface area contributed by atoms with Gasteiger partial charge < -0.3 is 10.1 Å². The third kappa shape index (κ3) is 3.93. The van der Waals surface area contributed by atoms with Crippen molar-refractivity contribution in [3.8, 4) is 5.75 Å². The Bertz CT molecular complexity index is 701. The number of aryl methyl sites for hydroxylation is 2. The molecule has 5 heteroatoms. The van der Waals surface area contributed by atoms with Crippen LogP contribution in [-0.2, 0) is 4.79 Å². The van der Waals surface area contributed by atoms with Crippen LogP contribution < -0.4 is 10.1 Å². The van der Waals surface area contributed by atoms with Gasteiger partial charge in [-0.2, -0.15) is 0 Å². The molecule has 0 aliphatic heterocycles. The van der Waals surface area contributed by atoms with Crippen LogP contribution in [0.1, 0.15) is 18.1 Å². The minimum Gasteiger partial charge on any atom is -0.481 e. The van der Waals surface area contributed by atoms with Gasteiger partial charge in [0.25, 0.3) is 5.91 Å². The topological polar surface area (TPSA) is 38.3 Å². The standard InChI is InChI=1S/C17H17Cl2NO2/c1-10-7-8-11(2)15(9-10)22-12(3)17(21)20-14-6-4-5-13(18)16(14)19/h4-9,12H,1-3H3,(H,20,21)/t12-/m1/s1. The molecule has 0 spiro atoms. The fourth-order valence-corrected chi connectivity index (χ4v) is 2.26. The van der Waals surface area contributed by atoms with Crippen LogP contribution in [-0.4, -0.2) is 12.0 Å². The first-order valence-electron chi connectivity index (χ1n) is 6.87. The molecule has 0 bridgehead atoms. The van der Waals surface area contributed by atoms with E-state index in [0.29, 0.717) is 21.5 Å². The molecule has 116 valence electrons. The molecule has 0 saturated heterocycles. The van der Waals surface area contributed by atoms with E-state index in [0.717, 1.165) is 11.1 Å². The van der Waals surface area contributed by atoms with Crippen LogP contribution in [0.4, 0.5) is 5.69 Å².